The Labute approximate surface area is 150 Å². The lowest BCUT2D eigenvalue weighted by atomic mass is 9.97. The highest BCUT2D eigenvalue weighted by Gasteiger charge is 2.32. The first-order valence-electron chi connectivity index (χ1n) is 8.91. The van der Waals surface area contributed by atoms with E-state index in [2.05, 4.69) is 5.32 Å². The van der Waals surface area contributed by atoms with Gasteiger partial charge in [-0.3, -0.25) is 4.79 Å². The third kappa shape index (κ3) is 4.95. The fraction of sp³-hybridized carbons (Fsp3) is 0.611. The Hall–Kier alpha value is -1.60. The second-order valence-corrected chi connectivity index (χ2v) is 8.34. The van der Waals surface area contributed by atoms with Crippen LogP contribution in [-0.4, -0.2) is 44.4 Å². The van der Waals surface area contributed by atoms with E-state index in [0.717, 1.165) is 6.42 Å². The van der Waals surface area contributed by atoms with Crippen LogP contribution in [0.5, 0.6) is 5.75 Å². The standard InChI is InChI=1S/C18H28N2O4S/c1-4-14(3)19-18(21)15-10-12-20(13-11-15)25(22,23)17-8-6-16(7-9-17)24-5-2/h6-9,14-15H,4-5,10-13H2,1-3H3,(H,19,21)/t14-/m0/s1. The van der Waals surface area contributed by atoms with Crippen LogP contribution in [0.25, 0.3) is 0 Å². The van der Waals surface area contributed by atoms with Crippen LogP contribution in [0, 0.1) is 5.92 Å². The van der Waals surface area contributed by atoms with Crippen LogP contribution in [0.2, 0.25) is 0 Å². The number of hydrogen-bond acceptors (Lipinski definition) is 4. The minimum Gasteiger partial charge on any atom is -0.494 e. The van der Waals surface area contributed by atoms with Crippen molar-refractivity contribution in [3.8, 4) is 5.75 Å². The summed E-state index contributed by atoms with van der Waals surface area (Å²) in [6, 6.07) is 6.63. The molecule has 140 valence electrons. The van der Waals surface area contributed by atoms with Gasteiger partial charge in [0.05, 0.1) is 11.5 Å². The van der Waals surface area contributed by atoms with Gasteiger partial charge in [-0.15, -0.1) is 0 Å². The van der Waals surface area contributed by atoms with Crippen molar-refractivity contribution < 1.29 is 17.9 Å². The molecule has 25 heavy (non-hydrogen) atoms. The van der Waals surface area contributed by atoms with E-state index in [-0.39, 0.29) is 22.8 Å². The molecule has 0 radical (unpaired) electrons. The smallest absolute Gasteiger partial charge is 0.243 e. The van der Waals surface area contributed by atoms with Crippen molar-refractivity contribution in [1.29, 1.82) is 0 Å². The van der Waals surface area contributed by atoms with E-state index >= 15 is 0 Å². The zero-order valence-electron chi connectivity index (χ0n) is 15.2. The number of amides is 1. The number of rotatable bonds is 7. The van der Waals surface area contributed by atoms with E-state index in [9.17, 15) is 13.2 Å². The summed E-state index contributed by atoms with van der Waals surface area (Å²) in [5.74, 6) is 0.579. The van der Waals surface area contributed by atoms with Gasteiger partial charge in [0.2, 0.25) is 15.9 Å². The molecule has 1 aliphatic rings. The third-order valence-electron chi connectivity index (χ3n) is 4.60. The van der Waals surface area contributed by atoms with E-state index < -0.39 is 10.0 Å². The fourth-order valence-corrected chi connectivity index (χ4v) is 4.31. The first kappa shape index (κ1) is 19.7. The predicted octanol–water partition coefficient (Wildman–Crippen LogP) is 2.40. The van der Waals surface area contributed by atoms with Gasteiger partial charge in [-0.05, 0) is 57.4 Å². The van der Waals surface area contributed by atoms with Crippen LogP contribution in [0.4, 0.5) is 0 Å². The Morgan fingerprint density at radius 1 is 1.24 bits per heavy atom. The molecule has 0 bridgehead atoms. The van der Waals surface area contributed by atoms with Crippen molar-refractivity contribution in [3.63, 3.8) is 0 Å². The van der Waals surface area contributed by atoms with E-state index in [1.165, 1.54) is 4.31 Å². The van der Waals surface area contributed by atoms with Crippen molar-refractivity contribution in [3.05, 3.63) is 24.3 Å². The second kappa shape index (κ2) is 8.67. The molecule has 0 aliphatic carbocycles. The van der Waals surface area contributed by atoms with Crippen LogP contribution in [0.1, 0.15) is 40.0 Å². The molecule has 1 heterocycles. The van der Waals surface area contributed by atoms with E-state index in [4.69, 9.17) is 4.74 Å². The maximum Gasteiger partial charge on any atom is 0.243 e. The second-order valence-electron chi connectivity index (χ2n) is 6.40. The Kier molecular flexibility index (Phi) is 6.84. The Morgan fingerprint density at radius 2 is 1.84 bits per heavy atom. The van der Waals surface area contributed by atoms with Gasteiger partial charge in [0.15, 0.2) is 0 Å². The molecule has 0 saturated carbocycles. The summed E-state index contributed by atoms with van der Waals surface area (Å²) >= 11 is 0. The molecule has 2 rings (SSSR count). The summed E-state index contributed by atoms with van der Waals surface area (Å²) in [5.41, 5.74) is 0. The van der Waals surface area contributed by atoms with E-state index in [1.54, 1.807) is 24.3 Å². The average Bonchev–Trinajstić information content (AvgIpc) is 2.62. The van der Waals surface area contributed by atoms with Crippen LogP contribution in [0.15, 0.2) is 29.2 Å². The van der Waals surface area contributed by atoms with Crippen LogP contribution < -0.4 is 10.1 Å². The molecule has 1 atom stereocenters. The normalized spacial score (nSPS) is 17.9. The number of hydrogen-bond donors (Lipinski definition) is 1. The molecule has 1 saturated heterocycles. The molecule has 0 unspecified atom stereocenters. The molecule has 7 heteroatoms. The maximum atomic E-state index is 12.7. The summed E-state index contributed by atoms with van der Waals surface area (Å²) in [6.07, 6.45) is 1.99. The molecular weight excluding hydrogens is 340 g/mol. The molecule has 1 N–H and O–H groups in total. The zero-order chi connectivity index (χ0) is 18.4. The lowest BCUT2D eigenvalue weighted by molar-refractivity contribution is -0.126. The topological polar surface area (TPSA) is 75.7 Å². The minimum atomic E-state index is -3.52. The van der Waals surface area contributed by atoms with Gasteiger partial charge in [0.25, 0.3) is 0 Å². The minimum absolute atomic E-state index is 0.0347. The summed E-state index contributed by atoms with van der Waals surface area (Å²) in [6.45, 7) is 7.16. The zero-order valence-corrected chi connectivity index (χ0v) is 16.0. The van der Waals surface area contributed by atoms with Gasteiger partial charge in [-0.1, -0.05) is 6.92 Å². The number of sulfonamides is 1. The largest absolute Gasteiger partial charge is 0.494 e. The Balaban J connectivity index is 1.97. The molecule has 1 fully saturated rings. The summed E-state index contributed by atoms with van der Waals surface area (Å²) in [4.78, 5) is 12.5. The number of benzene rings is 1. The lowest BCUT2D eigenvalue weighted by Crippen LogP contribution is -2.44. The number of ether oxygens (including phenoxy) is 1. The van der Waals surface area contributed by atoms with Gasteiger partial charge in [-0.2, -0.15) is 4.31 Å². The Bertz CT molecular complexity index is 665. The van der Waals surface area contributed by atoms with E-state index in [1.807, 2.05) is 20.8 Å². The summed E-state index contributed by atoms with van der Waals surface area (Å²) < 4.78 is 32.3. The summed E-state index contributed by atoms with van der Waals surface area (Å²) in [5, 5.41) is 2.98. The fourth-order valence-electron chi connectivity index (χ4n) is 2.84. The first-order chi connectivity index (χ1) is 11.9. The highest BCUT2D eigenvalue weighted by molar-refractivity contribution is 7.89. The van der Waals surface area contributed by atoms with Gasteiger partial charge in [0.1, 0.15) is 5.75 Å². The Morgan fingerprint density at radius 3 is 2.36 bits per heavy atom. The quantitative estimate of drug-likeness (QED) is 0.802. The first-order valence-corrected chi connectivity index (χ1v) is 10.4. The SMILES string of the molecule is CCOc1ccc(S(=O)(=O)N2CCC(C(=O)N[C@@H](C)CC)CC2)cc1. The molecule has 1 aromatic carbocycles. The van der Waals surface area contributed by atoms with Crippen molar-refractivity contribution in [2.75, 3.05) is 19.7 Å². The van der Waals surface area contributed by atoms with E-state index in [0.29, 0.717) is 38.3 Å². The van der Waals surface area contributed by atoms with Crippen molar-refractivity contribution in [1.82, 2.24) is 9.62 Å². The van der Waals surface area contributed by atoms with Crippen LogP contribution in [-0.2, 0) is 14.8 Å². The number of carbonyl (C=O) groups is 1. The van der Waals surface area contributed by atoms with Crippen molar-refractivity contribution >= 4 is 15.9 Å². The van der Waals surface area contributed by atoms with Crippen molar-refractivity contribution in [2.45, 2.75) is 51.0 Å². The number of piperidine rings is 1. The van der Waals surface area contributed by atoms with Crippen LogP contribution in [0.3, 0.4) is 0 Å². The number of nitrogens with zero attached hydrogens (tertiary/aromatic N) is 1. The molecule has 0 spiro atoms. The molecule has 0 aromatic heterocycles. The summed E-state index contributed by atoms with van der Waals surface area (Å²) in [7, 11) is -3.52. The molecular formula is C18H28N2O4S. The predicted molar refractivity (Wildman–Crippen MR) is 97.0 cm³/mol. The highest BCUT2D eigenvalue weighted by Crippen LogP contribution is 2.25. The lowest BCUT2D eigenvalue weighted by Gasteiger charge is -2.31. The van der Waals surface area contributed by atoms with Gasteiger partial charge < -0.3 is 10.1 Å². The number of carbonyl (C=O) groups excluding carboxylic acids is 1. The van der Waals surface area contributed by atoms with Crippen molar-refractivity contribution in [2.24, 2.45) is 5.92 Å². The molecule has 6 nitrogen and oxygen atoms in total. The maximum absolute atomic E-state index is 12.7. The average molecular weight is 368 g/mol. The van der Waals surface area contributed by atoms with Gasteiger partial charge >= 0.3 is 0 Å². The molecule has 1 aliphatic heterocycles. The monoisotopic (exact) mass is 368 g/mol. The van der Waals surface area contributed by atoms with Crippen LogP contribution >= 0.6 is 0 Å². The number of nitrogens with one attached hydrogen (secondary N) is 1. The van der Waals surface area contributed by atoms with Gasteiger partial charge in [-0.25, -0.2) is 8.42 Å². The molecule has 1 amide bonds. The van der Waals surface area contributed by atoms with Gasteiger partial charge in [0, 0.05) is 25.0 Å². The molecule has 1 aromatic rings. The third-order valence-corrected chi connectivity index (χ3v) is 6.51. The highest BCUT2D eigenvalue weighted by atomic mass is 32.2.